The zero-order valence-corrected chi connectivity index (χ0v) is 10.0. The number of hydrogen-bond acceptors (Lipinski definition) is 2. The van der Waals surface area contributed by atoms with E-state index >= 15 is 0 Å². The van der Waals surface area contributed by atoms with Crippen LogP contribution in [0.3, 0.4) is 0 Å². The second kappa shape index (κ2) is 5.75. The summed E-state index contributed by atoms with van der Waals surface area (Å²) in [4.78, 5) is 11.3. The van der Waals surface area contributed by atoms with Crippen molar-refractivity contribution in [3.8, 4) is 5.75 Å². The Morgan fingerprint density at radius 3 is 2.67 bits per heavy atom. The highest BCUT2D eigenvalue weighted by atomic mass is 19.4. The lowest BCUT2D eigenvalue weighted by Crippen LogP contribution is -2.41. The highest BCUT2D eigenvalue weighted by molar-refractivity contribution is 5.80. The standard InChI is InChI=1S/C12H14F3NO2/c1-8-4-3-5-10(6-8)18-9(2)11(17)16-7-12(13,14)15/h3-6,9H,7H2,1-2H3,(H,16,17)/t9-/m1/s1. The normalized spacial score (nSPS) is 12.9. The minimum absolute atomic E-state index is 0.449. The molecule has 0 aromatic heterocycles. The van der Waals surface area contributed by atoms with Gasteiger partial charge in [0.05, 0.1) is 0 Å². The van der Waals surface area contributed by atoms with E-state index in [4.69, 9.17) is 4.74 Å². The molecule has 6 heteroatoms. The van der Waals surface area contributed by atoms with Gasteiger partial charge in [0.25, 0.3) is 5.91 Å². The van der Waals surface area contributed by atoms with Gasteiger partial charge in [-0.05, 0) is 31.5 Å². The van der Waals surface area contributed by atoms with Crippen LogP contribution < -0.4 is 10.1 Å². The minimum atomic E-state index is -4.42. The number of aryl methyl sites for hydroxylation is 1. The molecule has 1 aromatic carbocycles. The van der Waals surface area contributed by atoms with E-state index in [1.807, 2.05) is 13.0 Å². The molecule has 0 saturated heterocycles. The molecule has 0 unspecified atom stereocenters. The number of alkyl halides is 3. The molecule has 0 fully saturated rings. The summed E-state index contributed by atoms with van der Waals surface area (Å²) >= 11 is 0. The van der Waals surface area contributed by atoms with Gasteiger partial charge in [-0.2, -0.15) is 13.2 Å². The molecule has 1 rings (SSSR count). The quantitative estimate of drug-likeness (QED) is 0.904. The van der Waals surface area contributed by atoms with E-state index in [-0.39, 0.29) is 0 Å². The van der Waals surface area contributed by atoms with Gasteiger partial charge in [-0.3, -0.25) is 4.79 Å². The van der Waals surface area contributed by atoms with Crippen LogP contribution in [-0.4, -0.2) is 24.7 Å². The smallest absolute Gasteiger partial charge is 0.405 e. The molecule has 18 heavy (non-hydrogen) atoms. The molecule has 0 radical (unpaired) electrons. The molecule has 0 saturated carbocycles. The summed E-state index contributed by atoms with van der Waals surface area (Å²) in [5, 5.41) is 1.77. The van der Waals surface area contributed by atoms with Crippen molar-refractivity contribution in [2.75, 3.05) is 6.54 Å². The Labute approximate surface area is 103 Å². The van der Waals surface area contributed by atoms with E-state index in [0.717, 1.165) is 5.56 Å². The third-order valence-corrected chi connectivity index (χ3v) is 2.13. The zero-order valence-electron chi connectivity index (χ0n) is 10.0. The molecule has 1 atom stereocenters. The number of carbonyl (C=O) groups is 1. The highest BCUT2D eigenvalue weighted by Crippen LogP contribution is 2.15. The summed E-state index contributed by atoms with van der Waals surface area (Å²) in [5.41, 5.74) is 0.940. The Kier molecular flexibility index (Phi) is 4.58. The van der Waals surface area contributed by atoms with Gasteiger partial charge in [0.1, 0.15) is 12.3 Å². The van der Waals surface area contributed by atoms with E-state index in [0.29, 0.717) is 5.75 Å². The molecule has 0 spiro atoms. The van der Waals surface area contributed by atoms with Gasteiger partial charge in [-0.25, -0.2) is 0 Å². The van der Waals surface area contributed by atoms with Crippen LogP contribution in [0, 0.1) is 6.92 Å². The molecule has 3 nitrogen and oxygen atoms in total. The van der Waals surface area contributed by atoms with Gasteiger partial charge >= 0.3 is 6.18 Å². The van der Waals surface area contributed by atoms with E-state index in [2.05, 4.69) is 0 Å². The fraction of sp³-hybridized carbons (Fsp3) is 0.417. The molecule has 100 valence electrons. The van der Waals surface area contributed by atoms with Crippen LogP contribution >= 0.6 is 0 Å². The Hall–Kier alpha value is -1.72. The van der Waals surface area contributed by atoms with Crippen LogP contribution in [0.1, 0.15) is 12.5 Å². The second-order valence-corrected chi connectivity index (χ2v) is 3.91. The highest BCUT2D eigenvalue weighted by Gasteiger charge is 2.29. The molecular formula is C12H14F3NO2. The lowest BCUT2D eigenvalue weighted by molar-refractivity contribution is -0.142. The molecule has 0 aliphatic rings. The SMILES string of the molecule is Cc1cccc(O[C@H](C)C(=O)NCC(F)(F)F)c1. The molecule has 0 aliphatic heterocycles. The maximum Gasteiger partial charge on any atom is 0.405 e. The summed E-state index contributed by atoms with van der Waals surface area (Å²) in [6, 6.07) is 6.93. The molecular weight excluding hydrogens is 247 g/mol. The number of hydrogen-bond donors (Lipinski definition) is 1. The molecule has 1 N–H and O–H groups in total. The fourth-order valence-corrected chi connectivity index (χ4v) is 1.28. The summed E-state index contributed by atoms with van der Waals surface area (Å²) in [6.45, 7) is 1.89. The number of rotatable bonds is 4. The molecule has 0 heterocycles. The van der Waals surface area contributed by atoms with Crippen molar-refractivity contribution in [2.24, 2.45) is 0 Å². The van der Waals surface area contributed by atoms with Crippen molar-refractivity contribution in [3.05, 3.63) is 29.8 Å². The lowest BCUT2D eigenvalue weighted by atomic mass is 10.2. The third-order valence-electron chi connectivity index (χ3n) is 2.13. The van der Waals surface area contributed by atoms with Gasteiger partial charge in [0.15, 0.2) is 6.10 Å². The van der Waals surface area contributed by atoms with Crippen LogP contribution in [0.5, 0.6) is 5.75 Å². The van der Waals surface area contributed by atoms with Crippen molar-refractivity contribution in [3.63, 3.8) is 0 Å². The summed E-state index contributed by atoms with van der Waals surface area (Å²) in [6.07, 6.45) is -5.40. The van der Waals surface area contributed by atoms with E-state index in [9.17, 15) is 18.0 Å². The zero-order chi connectivity index (χ0) is 13.8. The number of benzene rings is 1. The second-order valence-electron chi connectivity index (χ2n) is 3.91. The van der Waals surface area contributed by atoms with Crippen molar-refractivity contribution in [2.45, 2.75) is 26.1 Å². The average Bonchev–Trinajstić information content (AvgIpc) is 2.24. The van der Waals surface area contributed by atoms with Crippen LogP contribution in [-0.2, 0) is 4.79 Å². The van der Waals surface area contributed by atoms with Gasteiger partial charge in [0.2, 0.25) is 0 Å². The summed E-state index contributed by atoms with van der Waals surface area (Å²) in [7, 11) is 0. The average molecular weight is 261 g/mol. The van der Waals surface area contributed by atoms with Crippen LogP contribution in [0.25, 0.3) is 0 Å². The number of nitrogens with one attached hydrogen (secondary N) is 1. The largest absolute Gasteiger partial charge is 0.481 e. The van der Waals surface area contributed by atoms with Crippen LogP contribution in [0.4, 0.5) is 13.2 Å². The first kappa shape index (κ1) is 14.3. The Morgan fingerprint density at radius 2 is 2.11 bits per heavy atom. The van der Waals surface area contributed by atoms with Crippen molar-refractivity contribution in [1.82, 2.24) is 5.32 Å². The number of carbonyl (C=O) groups excluding carboxylic acids is 1. The Bertz CT molecular complexity index is 418. The molecule has 1 amide bonds. The van der Waals surface area contributed by atoms with E-state index < -0.39 is 24.7 Å². The molecule has 1 aromatic rings. The monoisotopic (exact) mass is 261 g/mol. The first-order chi connectivity index (χ1) is 8.28. The number of ether oxygens (including phenoxy) is 1. The van der Waals surface area contributed by atoms with Gasteiger partial charge in [0, 0.05) is 0 Å². The minimum Gasteiger partial charge on any atom is -0.481 e. The van der Waals surface area contributed by atoms with Crippen molar-refractivity contribution in [1.29, 1.82) is 0 Å². The lowest BCUT2D eigenvalue weighted by Gasteiger charge is -2.15. The first-order valence-corrected chi connectivity index (χ1v) is 5.36. The van der Waals surface area contributed by atoms with Crippen LogP contribution in [0.15, 0.2) is 24.3 Å². The predicted octanol–water partition coefficient (Wildman–Crippen LogP) is 2.44. The molecule has 0 bridgehead atoms. The van der Waals surface area contributed by atoms with Gasteiger partial charge < -0.3 is 10.1 Å². The van der Waals surface area contributed by atoms with Gasteiger partial charge in [-0.1, -0.05) is 12.1 Å². The Balaban J connectivity index is 2.50. The van der Waals surface area contributed by atoms with E-state index in [1.165, 1.54) is 6.92 Å². The van der Waals surface area contributed by atoms with Crippen LogP contribution in [0.2, 0.25) is 0 Å². The topological polar surface area (TPSA) is 38.3 Å². The Morgan fingerprint density at radius 1 is 1.44 bits per heavy atom. The van der Waals surface area contributed by atoms with Crippen molar-refractivity contribution < 1.29 is 22.7 Å². The number of amides is 1. The maximum atomic E-state index is 11.9. The van der Waals surface area contributed by atoms with Crippen molar-refractivity contribution >= 4 is 5.91 Å². The molecule has 0 aliphatic carbocycles. The predicted molar refractivity (Wildman–Crippen MR) is 60.3 cm³/mol. The maximum absolute atomic E-state index is 11.9. The summed E-state index contributed by atoms with van der Waals surface area (Å²) < 4.78 is 41.0. The van der Waals surface area contributed by atoms with E-state index in [1.54, 1.807) is 23.5 Å². The number of halogens is 3. The van der Waals surface area contributed by atoms with Gasteiger partial charge in [-0.15, -0.1) is 0 Å². The fourth-order valence-electron chi connectivity index (χ4n) is 1.28. The first-order valence-electron chi connectivity index (χ1n) is 5.36. The third kappa shape index (κ3) is 5.07. The summed E-state index contributed by atoms with van der Waals surface area (Å²) in [5.74, 6) is -0.349.